The first-order valence-corrected chi connectivity index (χ1v) is 15.7. The molecule has 6 rings (SSSR count). The Hall–Kier alpha value is -3.72. The number of carbonyl (C=O) groups is 1. The summed E-state index contributed by atoms with van der Waals surface area (Å²) in [6.07, 6.45) is 7.04. The van der Waals surface area contributed by atoms with Gasteiger partial charge >= 0.3 is 6.18 Å². The van der Waals surface area contributed by atoms with Gasteiger partial charge in [-0.2, -0.15) is 23.5 Å². The van der Waals surface area contributed by atoms with Crippen molar-refractivity contribution in [3.05, 3.63) is 60.6 Å². The molecule has 1 aromatic carbocycles. The first-order valence-electron chi connectivity index (χ1n) is 14.2. The highest BCUT2D eigenvalue weighted by molar-refractivity contribution is 7.85. The Morgan fingerprint density at radius 2 is 1.69 bits per heavy atom. The van der Waals surface area contributed by atoms with Crippen LogP contribution in [0.2, 0.25) is 0 Å². The third kappa shape index (κ3) is 7.37. The second-order valence-corrected chi connectivity index (χ2v) is 12.7. The SMILES string of the molecule is N#CC1(NC(=O)C2CCCCC2)CC1.O=S1CCN(c2ccc(-c3cnn(-c4ccc(C(F)(F)F)cn4)c3)cc2)CC1. The van der Waals surface area contributed by atoms with Crippen LogP contribution in [0.15, 0.2) is 55.0 Å². The number of anilines is 1. The second-order valence-electron chi connectivity index (χ2n) is 11.0. The van der Waals surface area contributed by atoms with Gasteiger partial charge in [-0.15, -0.1) is 0 Å². The summed E-state index contributed by atoms with van der Waals surface area (Å²) in [7, 11) is -0.712. The zero-order valence-corrected chi connectivity index (χ0v) is 24.0. The number of benzene rings is 1. The fraction of sp³-hybridized carbons (Fsp3) is 0.467. The Morgan fingerprint density at radius 1 is 1.00 bits per heavy atom. The van der Waals surface area contributed by atoms with Crippen molar-refractivity contribution in [2.45, 2.75) is 56.7 Å². The average molecular weight is 599 g/mol. The van der Waals surface area contributed by atoms with Crippen molar-refractivity contribution in [2.75, 3.05) is 29.5 Å². The third-order valence-electron chi connectivity index (χ3n) is 7.94. The maximum absolute atomic E-state index is 12.7. The summed E-state index contributed by atoms with van der Waals surface area (Å²) in [6.45, 7) is 1.56. The predicted octanol–water partition coefficient (Wildman–Crippen LogP) is 5.26. The Kier molecular flexibility index (Phi) is 8.96. The Balaban J connectivity index is 0.000000211. The fourth-order valence-corrected chi connectivity index (χ4v) is 6.19. The highest BCUT2D eigenvalue weighted by atomic mass is 32.2. The maximum Gasteiger partial charge on any atom is 0.417 e. The third-order valence-corrected chi connectivity index (χ3v) is 9.21. The van der Waals surface area contributed by atoms with E-state index in [1.54, 1.807) is 12.4 Å². The molecule has 0 radical (unpaired) electrons. The van der Waals surface area contributed by atoms with Crippen LogP contribution in [0.3, 0.4) is 0 Å². The summed E-state index contributed by atoms with van der Waals surface area (Å²) in [5.74, 6) is 1.99. The molecule has 1 saturated heterocycles. The van der Waals surface area contributed by atoms with Crippen LogP contribution in [0, 0.1) is 17.2 Å². The number of carbonyl (C=O) groups excluding carboxylic acids is 1. The van der Waals surface area contributed by atoms with Crippen molar-refractivity contribution >= 4 is 22.4 Å². The zero-order chi connectivity index (χ0) is 29.7. The molecule has 3 fully saturated rings. The molecule has 1 amide bonds. The van der Waals surface area contributed by atoms with Crippen molar-refractivity contribution in [2.24, 2.45) is 5.92 Å². The molecule has 2 saturated carbocycles. The summed E-state index contributed by atoms with van der Waals surface area (Å²) in [5.41, 5.74) is 1.60. The van der Waals surface area contributed by atoms with E-state index >= 15 is 0 Å². The van der Waals surface area contributed by atoms with E-state index in [1.165, 1.54) is 17.2 Å². The number of nitrogens with one attached hydrogen (secondary N) is 1. The number of rotatable bonds is 5. The summed E-state index contributed by atoms with van der Waals surface area (Å²) in [4.78, 5) is 17.8. The smallest absolute Gasteiger partial charge is 0.370 e. The number of nitrogens with zero attached hydrogens (tertiary/aromatic N) is 5. The maximum atomic E-state index is 12.7. The van der Waals surface area contributed by atoms with Crippen LogP contribution in [-0.4, -0.2) is 55.0 Å². The fourth-order valence-electron chi connectivity index (χ4n) is 5.14. The minimum atomic E-state index is -4.41. The van der Waals surface area contributed by atoms with Crippen LogP contribution >= 0.6 is 0 Å². The summed E-state index contributed by atoms with van der Waals surface area (Å²) < 4.78 is 50.9. The van der Waals surface area contributed by atoms with Crippen molar-refractivity contribution in [1.29, 1.82) is 5.26 Å². The molecule has 0 unspecified atom stereocenters. The molecular weight excluding hydrogens is 565 g/mol. The van der Waals surface area contributed by atoms with E-state index < -0.39 is 28.1 Å². The molecule has 12 heteroatoms. The van der Waals surface area contributed by atoms with E-state index in [-0.39, 0.29) is 11.8 Å². The van der Waals surface area contributed by atoms with Crippen LogP contribution in [0.5, 0.6) is 0 Å². The topological polar surface area (TPSA) is 104 Å². The number of hydrogen-bond donors (Lipinski definition) is 1. The van der Waals surface area contributed by atoms with E-state index in [9.17, 15) is 22.2 Å². The van der Waals surface area contributed by atoms with Gasteiger partial charge in [0.2, 0.25) is 5.91 Å². The largest absolute Gasteiger partial charge is 0.417 e. The standard InChI is InChI=1S/C19H17F3N4OS.C11H16N2O/c20-19(21,22)16-3-6-18(23-12-16)26-13-15(11-24-26)14-1-4-17(5-2-14)25-7-9-28(27)10-8-25;12-8-11(6-7-11)13-10(14)9-4-2-1-3-5-9/h1-6,11-13H,7-10H2;9H,1-7H2,(H,13,14). The summed E-state index contributed by atoms with van der Waals surface area (Å²) >= 11 is 0. The number of pyridine rings is 1. The van der Waals surface area contributed by atoms with Crippen molar-refractivity contribution in [3.8, 4) is 23.0 Å². The molecule has 2 aliphatic carbocycles. The van der Waals surface area contributed by atoms with Gasteiger partial charge in [-0.25, -0.2) is 9.67 Å². The molecule has 0 atom stereocenters. The van der Waals surface area contributed by atoms with Crippen molar-refractivity contribution in [3.63, 3.8) is 0 Å². The van der Waals surface area contributed by atoms with Gasteiger partial charge in [0.15, 0.2) is 5.82 Å². The number of aromatic nitrogens is 3. The lowest BCUT2D eigenvalue weighted by atomic mass is 9.88. The van der Waals surface area contributed by atoms with Gasteiger partial charge in [-0.3, -0.25) is 9.00 Å². The summed E-state index contributed by atoms with van der Waals surface area (Å²) in [5, 5.41) is 15.9. The summed E-state index contributed by atoms with van der Waals surface area (Å²) in [6, 6.07) is 12.4. The van der Waals surface area contributed by atoms with Gasteiger partial charge < -0.3 is 10.2 Å². The van der Waals surface area contributed by atoms with Crippen LogP contribution in [0.4, 0.5) is 18.9 Å². The van der Waals surface area contributed by atoms with E-state index in [4.69, 9.17) is 5.26 Å². The van der Waals surface area contributed by atoms with Crippen LogP contribution in [0.1, 0.15) is 50.5 Å². The lowest BCUT2D eigenvalue weighted by molar-refractivity contribution is -0.137. The molecule has 2 aromatic heterocycles. The first-order chi connectivity index (χ1) is 20.2. The van der Waals surface area contributed by atoms with Gasteiger partial charge in [-0.1, -0.05) is 31.4 Å². The molecule has 1 N–H and O–H groups in total. The lowest BCUT2D eigenvalue weighted by Gasteiger charge is -2.28. The van der Waals surface area contributed by atoms with Gasteiger partial charge in [0.05, 0.1) is 17.8 Å². The molecule has 3 aromatic rings. The van der Waals surface area contributed by atoms with Crippen LogP contribution in [-0.2, 0) is 21.8 Å². The van der Waals surface area contributed by atoms with Crippen LogP contribution < -0.4 is 10.2 Å². The predicted molar refractivity (Wildman–Crippen MR) is 154 cm³/mol. The Morgan fingerprint density at radius 3 is 2.26 bits per heavy atom. The molecule has 1 aliphatic heterocycles. The van der Waals surface area contributed by atoms with Gasteiger partial charge in [0.1, 0.15) is 5.54 Å². The Bertz CT molecular complexity index is 1430. The minimum Gasteiger partial charge on any atom is -0.370 e. The van der Waals surface area contributed by atoms with Crippen LogP contribution in [0.25, 0.3) is 16.9 Å². The van der Waals surface area contributed by atoms with Gasteiger partial charge in [-0.05, 0) is 55.5 Å². The van der Waals surface area contributed by atoms with Crippen molar-refractivity contribution in [1.82, 2.24) is 20.1 Å². The number of halogens is 3. The molecule has 42 heavy (non-hydrogen) atoms. The number of alkyl halides is 3. The highest BCUT2D eigenvalue weighted by Crippen LogP contribution is 2.35. The minimum absolute atomic E-state index is 0.115. The van der Waals surface area contributed by atoms with E-state index in [0.29, 0.717) is 17.3 Å². The van der Waals surface area contributed by atoms with E-state index in [2.05, 4.69) is 26.4 Å². The molecule has 3 aliphatic rings. The normalized spacial score (nSPS) is 18.9. The van der Waals surface area contributed by atoms with Gasteiger partial charge in [0.25, 0.3) is 0 Å². The van der Waals surface area contributed by atoms with Gasteiger partial charge in [0, 0.05) is 65.0 Å². The molecule has 0 bridgehead atoms. The molecule has 0 spiro atoms. The molecule has 3 heterocycles. The first kappa shape index (κ1) is 29.8. The lowest BCUT2D eigenvalue weighted by Crippen LogP contribution is -2.40. The molecule has 222 valence electrons. The van der Waals surface area contributed by atoms with Crippen molar-refractivity contribution < 1.29 is 22.2 Å². The molecular formula is C30H33F3N6O2S. The average Bonchev–Trinajstić information content (AvgIpc) is 3.61. The second kappa shape index (κ2) is 12.7. The molecule has 8 nitrogen and oxygen atoms in total. The number of hydrogen-bond acceptors (Lipinski definition) is 6. The van der Waals surface area contributed by atoms with E-state index in [0.717, 1.165) is 80.7 Å². The quantitative estimate of drug-likeness (QED) is 0.430. The van der Waals surface area contributed by atoms with E-state index in [1.807, 2.05) is 24.3 Å². The number of amides is 1. The highest BCUT2D eigenvalue weighted by Gasteiger charge is 2.45. The zero-order valence-electron chi connectivity index (χ0n) is 23.1. The Labute approximate surface area is 245 Å². The number of nitriles is 1. The monoisotopic (exact) mass is 598 g/mol.